The van der Waals surface area contributed by atoms with Crippen molar-refractivity contribution in [2.75, 3.05) is 6.61 Å². The van der Waals surface area contributed by atoms with Gasteiger partial charge in [0.2, 0.25) is 0 Å². The lowest BCUT2D eigenvalue weighted by atomic mass is 10.0. The second-order valence-electron chi connectivity index (χ2n) is 3.69. The summed E-state index contributed by atoms with van der Waals surface area (Å²) >= 11 is 0. The molecule has 0 aliphatic carbocycles. The minimum atomic E-state index is -0.549. The smallest absolute Gasteiger partial charge is 0.149 e. The fraction of sp³-hybridized carbons (Fsp3) is 0.167. The second-order valence-corrected chi connectivity index (χ2v) is 3.69. The summed E-state index contributed by atoms with van der Waals surface area (Å²) < 4.78 is 31.7. The number of allylic oxidation sites excluding steroid dienone is 1. The highest BCUT2D eigenvalue weighted by atomic mass is 19.1. The maximum absolute atomic E-state index is 13.5. The predicted molar refractivity (Wildman–Crippen MR) is 57.2 cm³/mol. The summed E-state index contributed by atoms with van der Waals surface area (Å²) in [7, 11) is 0. The summed E-state index contributed by atoms with van der Waals surface area (Å²) in [5.41, 5.74) is 6.98. The van der Waals surface area contributed by atoms with Crippen molar-refractivity contribution in [2.24, 2.45) is 5.73 Å². The fourth-order valence-electron chi connectivity index (χ4n) is 1.59. The van der Waals surface area contributed by atoms with E-state index >= 15 is 0 Å². The molecule has 4 heteroatoms. The lowest BCUT2D eigenvalue weighted by Crippen LogP contribution is -2.14. The van der Waals surface area contributed by atoms with E-state index in [0.29, 0.717) is 12.1 Å². The van der Waals surface area contributed by atoms with Gasteiger partial charge >= 0.3 is 0 Å². The highest BCUT2D eigenvalue weighted by Gasteiger charge is 2.19. The molecule has 0 aromatic heterocycles. The van der Waals surface area contributed by atoms with Crippen molar-refractivity contribution in [1.82, 2.24) is 0 Å². The van der Waals surface area contributed by atoms with Crippen molar-refractivity contribution in [1.29, 1.82) is 0 Å². The van der Waals surface area contributed by atoms with Gasteiger partial charge in [-0.25, -0.2) is 8.78 Å². The van der Waals surface area contributed by atoms with Crippen molar-refractivity contribution in [3.8, 4) is 0 Å². The number of hydrogen-bond acceptors (Lipinski definition) is 2. The first kappa shape index (κ1) is 10.7. The first-order chi connectivity index (χ1) is 7.58. The van der Waals surface area contributed by atoms with E-state index in [1.54, 1.807) is 0 Å². The van der Waals surface area contributed by atoms with Crippen LogP contribution in [0.25, 0.3) is 5.76 Å². The van der Waals surface area contributed by atoms with Crippen molar-refractivity contribution in [3.05, 3.63) is 53.2 Å². The maximum Gasteiger partial charge on any atom is 0.149 e. The van der Waals surface area contributed by atoms with Crippen molar-refractivity contribution in [2.45, 2.75) is 6.42 Å². The molecule has 1 aromatic carbocycles. The van der Waals surface area contributed by atoms with Crippen LogP contribution < -0.4 is 5.73 Å². The molecule has 0 amide bonds. The predicted octanol–water partition coefficient (Wildman–Crippen LogP) is 2.57. The van der Waals surface area contributed by atoms with Crippen LogP contribution in [0.2, 0.25) is 0 Å². The van der Waals surface area contributed by atoms with Crippen LogP contribution in [0.4, 0.5) is 8.78 Å². The Morgan fingerprint density at radius 2 is 2.06 bits per heavy atom. The molecule has 0 unspecified atom stereocenters. The van der Waals surface area contributed by atoms with Gasteiger partial charge in [0.05, 0.1) is 11.3 Å². The number of benzene rings is 1. The summed E-state index contributed by atoms with van der Waals surface area (Å²) in [5, 5.41) is 0. The molecule has 1 aromatic rings. The highest BCUT2D eigenvalue weighted by molar-refractivity contribution is 5.64. The van der Waals surface area contributed by atoms with Crippen LogP contribution in [0, 0.1) is 11.6 Å². The average molecular weight is 223 g/mol. The quantitative estimate of drug-likeness (QED) is 0.742. The Bertz CT molecular complexity index is 480. The monoisotopic (exact) mass is 223 g/mol. The van der Waals surface area contributed by atoms with Gasteiger partial charge < -0.3 is 10.5 Å². The number of ether oxygens (including phenoxy) is 1. The van der Waals surface area contributed by atoms with Crippen LogP contribution in [0.1, 0.15) is 12.0 Å². The van der Waals surface area contributed by atoms with Crippen LogP contribution in [-0.2, 0) is 4.74 Å². The number of rotatable bonds is 1. The molecule has 0 bridgehead atoms. The molecular formula is C12H11F2NO. The molecule has 2 nitrogen and oxygen atoms in total. The molecule has 0 saturated carbocycles. The fourth-order valence-corrected chi connectivity index (χ4v) is 1.59. The summed E-state index contributed by atoms with van der Waals surface area (Å²) in [6, 6.07) is 3.18. The molecule has 1 aliphatic rings. The third-order valence-corrected chi connectivity index (χ3v) is 2.33. The first-order valence-corrected chi connectivity index (χ1v) is 4.81. The van der Waals surface area contributed by atoms with E-state index in [1.807, 2.05) is 0 Å². The third kappa shape index (κ3) is 1.91. The molecule has 1 aliphatic heterocycles. The molecule has 1 heterocycles. The Morgan fingerprint density at radius 3 is 2.75 bits per heavy atom. The van der Waals surface area contributed by atoms with E-state index in [4.69, 9.17) is 10.5 Å². The highest BCUT2D eigenvalue weighted by Crippen LogP contribution is 2.28. The first-order valence-electron chi connectivity index (χ1n) is 4.81. The average Bonchev–Trinajstić information content (AvgIpc) is 2.22. The second kappa shape index (κ2) is 3.96. The third-order valence-electron chi connectivity index (χ3n) is 2.33. The van der Waals surface area contributed by atoms with E-state index in [-0.39, 0.29) is 17.9 Å². The molecule has 84 valence electrons. The van der Waals surface area contributed by atoms with Gasteiger partial charge in [0.25, 0.3) is 0 Å². The minimum Gasteiger partial charge on any atom is -0.487 e. The van der Waals surface area contributed by atoms with E-state index in [0.717, 1.165) is 23.8 Å². The number of hydrogen-bond donors (Lipinski definition) is 1. The number of nitrogens with two attached hydrogens (primary N) is 1. The van der Waals surface area contributed by atoms with Gasteiger partial charge in [0.15, 0.2) is 0 Å². The van der Waals surface area contributed by atoms with Gasteiger partial charge in [-0.05, 0) is 23.8 Å². The lowest BCUT2D eigenvalue weighted by molar-refractivity contribution is 0.290. The summed E-state index contributed by atoms with van der Waals surface area (Å²) in [6.07, 6.45) is 0.450. The molecule has 2 rings (SSSR count). The van der Waals surface area contributed by atoms with Crippen LogP contribution in [0.5, 0.6) is 0 Å². The summed E-state index contributed by atoms with van der Waals surface area (Å²) in [5.74, 6) is -0.860. The van der Waals surface area contributed by atoms with Crippen LogP contribution >= 0.6 is 0 Å². The molecule has 16 heavy (non-hydrogen) atoms. The summed E-state index contributed by atoms with van der Waals surface area (Å²) in [6.45, 7) is 4.01. The Labute approximate surface area is 92.0 Å². The van der Waals surface area contributed by atoms with E-state index in [1.165, 1.54) is 0 Å². The van der Waals surface area contributed by atoms with Gasteiger partial charge in [0, 0.05) is 6.42 Å². The molecule has 0 saturated heterocycles. The van der Waals surface area contributed by atoms with Gasteiger partial charge in [-0.15, -0.1) is 0 Å². The zero-order valence-corrected chi connectivity index (χ0v) is 8.59. The largest absolute Gasteiger partial charge is 0.487 e. The van der Waals surface area contributed by atoms with Crippen LogP contribution in [-0.4, -0.2) is 6.61 Å². The van der Waals surface area contributed by atoms with Crippen molar-refractivity contribution in [3.63, 3.8) is 0 Å². The van der Waals surface area contributed by atoms with E-state index < -0.39 is 11.6 Å². The van der Waals surface area contributed by atoms with E-state index in [9.17, 15) is 8.78 Å². The van der Waals surface area contributed by atoms with Crippen LogP contribution in [0.3, 0.4) is 0 Å². The lowest BCUT2D eigenvalue weighted by Gasteiger charge is -2.21. The molecule has 0 atom stereocenters. The number of halogens is 2. The Kier molecular flexibility index (Phi) is 2.64. The zero-order chi connectivity index (χ0) is 11.7. The Morgan fingerprint density at radius 1 is 1.31 bits per heavy atom. The maximum atomic E-state index is 13.5. The van der Waals surface area contributed by atoms with Gasteiger partial charge in [-0.3, -0.25) is 0 Å². The van der Waals surface area contributed by atoms with Crippen molar-refractivity contribution < 1.29 is 13.5 Å². The molecular weight excluding hydrogens is 212 g/mol. The van der Waals surface area contributed by atoms with Crippen molar-refractivity contribution >= 4 is 5.76 Å². The molecule has 0 fully saturated rings. The SMILES string of the molecule is C=C1COC(c2cc(F)ccc2F)=C(N)C1. The molecule has 0 radical (unpaired) electrons. The summed E-state index contributed by atoms with van der Waals surface area (Å²) in [4.78, 5) is 0. The zero-order valence-electron chi connectivity index (χ0n) is 8.59. The molecule has 2 N–H and O–H groups in total. The van der Waals surface area contributed by atoms with Gasteiger partial charge in [-0.1, -0.05) is 6.58 Å². The Hall–Kier alpha value is -1.84. The van der Waals surface area contributed by atoms with E-state index in [2.05, 4.69) is 6.58 Å². The van der Waals surface area contributed by atoms with Crippen LogP contribution in [0.15, 0.2) is 36.0 Å². The standard InChI is InChI=1S/C12H11F2NO/c1-7-4-11(15)12(16-6-7)9-5-8(13)2-3-10(9)14/h2-3,5H,1,4,6,15H2. The normalized spacial score (nSPS) is 16.2. The van der Waals surface area contributed by atoms with Gasteiger partial charge in [-0.2, -0.15) is 0 Å². The Balaban J connectivity index is 2.48. The topological polar surface area (TPSA) is 35.2 Å². The molecule has 0 spiro atoms. The minimum absolute atomic E-state index is 0.0602. The van der Waals surface area contributed by atoms with Gasteiger partial charge in [0.1, 0.15) is 24.0 Å².